The lowest BCUT2D eigenvalue weighted by Gasteiger charge is -2.06. The van der Waals surface area contributed by atoms with Gasteiger partial charge in [0.05, 0.1) is 13.7 Å². The Bertz CT molecular complexity index is 1220. The predicted octanol–water partition coefficient (Wildman–Crippen LogP) is 7.43. The minimum atomic E-state index is 0.0873. The van der Waals surface area contributed by atoms with Crippen molar-refractivity contribution in [3.8, 4) is 11.6 Å². The van der Waals surface area contributed by atoms with Gasteiger partial charge in [0.25, 0.3) is 0 Å². The molecule has 0 saturated heterocycles. The van der Waals surface area contributed by atoms with Crippen molar-refractivity contribution < 1.29 is 14.6 Å². The first-order valence-corrected chi connectivity index (χ1v) is 14.6. The maximum atomic E-state index is 8.66. The van der Waals surface area contributed by atoms with E-state index in [2.05, 4.69) is 39.0 Å². The van der Waals surface area contributed by atoms with E-state index in [9.17, 15) is 0 Å². The molecule has 1 N–H and O–H groups in total. The number of methoxy groups -OCH3 is 1. The third-order valence-electron chi connectivity index (χ3n) is 4.51. The zero-order valence-electron chi connectivity index (χ0n) is 21.2. The number of thioether (sulfide) groups is 2. The first-order chi connectivity index (χ1) is 18.3. The van der Waals surface area contributed by atoms with E-state index in [1.807, 2.05) is 48.9 Å². The Kier molecular flexibility index (Phi) is 14.6. The van der Waals surface area contributed by atoms with Crippen molar-refractivity contribution in [2.45, 2.75) is 30.5 Å². The Balaban J connectivity index is 0.000000216. The number of hydrogen-bond donors (Lipinski definition) is 1. The summed E-state index contributed by atoms with van der Waals surface area (Å²) >= 11 is 19.9. The molecule has 0 aliphatic rings. The summed E-state index contributed by atoms with van der Waals surface area (Å²) in [6, 6.07) is 18.6. The van der Waals surface area contributed by atoms with Crippen LogP contribution >= 0.6 is 58.3 Å². The number of hydrogen-bond acceptors (Lipinski definition) is 9. The third kappa shape index (κ3) is 12.1. The molecule has 0 saturated carbocycles. The zero-order valence-corrected chi connectivity index (χ0v) is 25.1. The Morgan fingerprint density at radius 3 is 1.74 bits per heavy atom. The quantitative estimate of drug-likeness (QED) is 0.130. The van der Waals surface area contributed by atoms with Gasteiger partial charge >= 0.3 is 0 Å². The average Bonchev–Trinajstić information content (AvgIpc) is 2.92. The number of rotatable bonds is 7. The minimum absolute atomic E-state index is 0.0873. The molecule has 2 heterocycles. The fourth-order valence-electron chi connectivity index (χ4n) is 2.58. The van der Waals surface area contributed by atoms with Crippen molar-refractivity contribution in [1.29, 1.82) is 0 Å². The molecule has 2 aromatic carbocycles. The van der Waals surface area contributed by atoms with Gasteiger partial charge < -0.3 is 14.6 Å². The SMILES string of the molecule is COc1ccc(CO)cc1.CSc1nc(Cl)cc(Cl)n1.CSc1nc(Cl)cc(OCc2ccc(C)cc2)n1. The van der Waals surface area contributed by atoms with Gasteiger partial charge in [-0.25, -0.2) is 15.0 Å². The molecule has 0 unspecified atom stereocenters. The number of halogens is 3. The smallest absolute Gasteiger partial charge is 0.219 e. The highest BCUT2D eigenvalue weighted by atomic mass is 35.5. The van der Waals surface area contributed by atoms with E-state index in [1.165, 1.54) is 35.2 Å². The van der Waals surface area contributed by atoms with Crippen molar-refractivity contribution in [3.05, 3.63) is 92.8 Å². The molecule has 0 fully saturated rings. The van der Waals surface area contributed by atoms with Crippen LogP contribution in [0.3, 0.4) is 0 Å². The summed E-state index contributed by atoms with van der Waals surface area (Å²) in [5, 5.41) is 11.0. The monoisotopic (exact) mass is 612 g/mol. The van der Waals surface area contributed by atoms with E-state index in [1.54, 1.807) is 13.2 Å². The van der Waals surface area contributed by atoms with Crippen molar-refractivity contribution >= 4 is 58.3 Å². The second kappa shape index (κ2) is 17.3. The highest BCUT2D eigenvalue weighted by Gasteiger charge is 2.04. The third-order valence-corrected chi connectivity index (χ3v) is 6.18. The van der Waals surface area contributed by atoms with Crippen LogP contribution < -0.4 is 9.47 Å². The first-order valence-electron chi connectivity index (χ1n) is 11.0. The lowest BCUT2D eigenvalue weighted by atomic mass is 10.2. The predicted molar refractivity (Wildman–Crippen MR) is 157 cm³/mol. The van der Waals surface area contributed by atoms with Gasteiger partial charge in [0.2, 0.25) is 5.88 Å². The van der Waals surface area contributed by atoms with E-state index in [4.69, 9.17) is 49.4 Å². The van der Waals surface area contributed by atoms with Crippen LogP contribution in [-0.2, 0) is 13.2 Å². The molecule has 12 heteroatoms. The molecule has 4 aromatic rings. The number of aliphatic hydroxyl groups excluding tert-OH is 1. The van der Waals surface area contributed by atoms with Gasteiger partial charge in [-0.05, 0) is 42.7 Å². The lowest BCUT2D eigenvalue weighted by molar-refractivity contribution is 0.281. The van der Waals surface area contributed by atoms with E-state index in [-0.39, 0.29) is 6.61 Å². The van der Waals surface area contributed by atoms with E-state index < -0.39 is 0 Å². The van der Waals surface area contributed by atoms with E-state index in [0.29, 0.717) is 38.3 Å². The summed E-state index contributed by atoms with van der Waals surface area (Å²) in [7, 11) is 1.62. The summed E-state index contributed by atoms with van der Waals surface area (Å²) in [6.07, 6.45) is 3.76. The molecule has 0 amide bonds. The second-order valence-corrected chi connectivity index (χ2v) is 10.0. The number of aliphatic hydroxyl groups is 1. The van der Waals surface area contributed by atoms with Crippen LogP contribution in [0.4, 0.5) is 0 Å². The minimum Gasteiger partial charge on any atom is -0.497 e. The van der Waals surface area contributed by atoms with E-state index >= 15 is 0 Å². The van der Waals surface area contributed by atoms with Gasteiger partial charge in [-0.2, -0.15) is 4.98 Å². The summed E-state index contributed by atoms with van der Waals surface area (Å²) in [4.78, 5) is 16.1. The highest BCUT2D eigenvalue weighted by molar-refractivity contribution is 7.98. The van der Waals surface area contributed by atoms with Crippen LogP contribution in [-0.4, -0.2) is 44.7 Å². The van der Waals surface area contributed by atoms with Gasteiger partial charge in [0.15, 0.2) is 10.3 Å². The molecule has 0 bridgehead atoms. The summed E-state index contributed by atoms with van der Waals surface area (Å²) in [5.41, 5.74) is 3.23. The molecule has 4 rings (SSSR count). The van der Waals surface area contributed by atoms with Crippen molar-refractivity contribution in [2.75, 3.05) is 19.6 Å². The molecule has 0 spiro atoms. The van der Waals surface area contributed by atoms with Crippen LogP contribution in [0.15, 0.2) is 71.0 Å². The van der Waals surface area contributed by atoms with Crippen LogP contribution in [0, 0.1) is 6.92 Å². The molecule has 0 aliphatic carbocycles. The fraction of sp³-hybridized carbons (Fsp3) is 0.231. The van der Waals surface area contributed by atoms with Gasteiger partial charge in [-0.3, -0.25) is 0 Å². The number of nitrogens with zero attached hydrogens (tertiary/aromatic N) is 4. The number of aromatic nitrogens is 4. The number of benzene rings is 2. The lowest BCUT2D eigenvalue weighted by Crippen LogP contribution is -1.99. The Morgan fingerprint density at radius 2 is 1.24 bits per heavy atom. The average molecular weight is 614 g/mol. The molecule has 202 valence electrons. The fourth-order valence-corrected chi connectivity index (χ4v) is 4.07. The molecule has 7 nitrogen and oxygen atoms in total. The Labute approximate surface area is 246 Å². The maximum Gasteiger partial charge on any atom is 0.219 e. The molecular weight excluding hydrogens is 587 g/mol. The first kappa shape index (κ1) is 31.9. The Morgan fingerprint density at radius 1 is 0.737 bits per heavy atom. The van der Waals surface area contributed by atoms with E-state index in [0.717, 1.165) is 16.9 Å². The summed E-state index contributed by atoms with van der Waals surface area (Å²) in [5.74, 6) is 1.32. The maximum absolute atomic E-state index is 8.66. The normalized spacial score (nSPS) is 10.0. The molecule has 0 radical (unpaired) electrons. The van der Waals surface area contributed by atoms with Crippen LogP contribution in [0.1, 0.15) is 16.7 Å². The molecule has 2 aromatic heterocycles. The van der Waals surface area contributed by atoms with Crippen molar-refractivity contribution in [2.24, 2.45) is 0 Å². The number of aryl methyl sites for hydroxylation is 1. The number of ether oxygens (including phenoxy) is 2. The van der Waals surface area contributed by atoms with Crippen molar-refractivity contribution in [1.82, 2.24) is 19.9 Å². The van der Waals surface area contributed by atoms with Gasteiger partial charge in [0, 0.05) is 12.1 Å². The molecule has 38 heavy (non-hydrogen) atoms. The molecule has 0 aliphatic heterocycles. The molecule has 0 atom stereocenters. The van der Waals surface area contributed by atoms with Gasteiger partial charge in [-0.1, -0.05) is 100 Å². The molecular formula is C26H27Cl3N4O3S2. The van der Waals surface area contributed by atoms with Crippen LogP contribution in [0.5, 0.6) is 11.6 Å². The Hall–Kier alpha value is -2.27. The van der Waals surface area contributed by atoms with Crippen LogP contribution in [0.25, 0.3) is 0 Å². The zero-order chi connectivity index (χ0) is 27.9. The summed E-state index contributed by atoms with van der Waals surface area (Å²) < 4.78 is 10.5. The topological polar surface area (TPSA) is 90.2 Å². The highest BCUT2D eigenvalue weighted by Crippen LogP contribution is 2.20. The standard InChI is InChI=1S/C13H13ClN2OS.C8H10O2.C5H4Cl2N2S/c1-9-3-5-10(6-4-9)8-17-12-7-11(14)15-13(16-12)18-2;1-10-8-4-2-7(6-9)3-5-8;1-10-5-8-3(6)2-4(7)9-5/h3-7H,8H2,1-2H3;2-5,9H,6H2,1H3;2H,1H3. The van der Waals surface area contributed by atoms with Crippen LogP contribution in [0.2, 0.25) is 15.5 Å². The summed E-state index contributed by atoms with van der Waals surface area (Å²) in [6.45, 7) is 2.62. The van der Waals surface area contributed by atoms with Crippen molar-refractivity contribution in [3.63, 3.8) is 0 Å². The van der Waals surface area contributed by atoms with Gasteiger partial charge in [0.1, 0.15) is 27.8 Å². The second-order valence-electron chi connectivity index (χ2n) is 7.30. The van der Waals surface area contributed by atoms with Gasteiger partial charge in [-0.15, -0.1) is 0 Å². The largest absolute Gasteiger partial charge is 0.497 e.